The van der Waals surface area contributed by atoms with Gasteiger partial charge in [-0.05, 0) is 35.9 Å². The second-order valence-electron chi connectivity index (χ2n) is 5.08. The van der Waals surface area contributed by atoms with Crippen molar-refractivity contribution < 1.29 is 4.39 Å². The van der Waals surface area contributed by atoms with Gasteiger partial charge in [-0.15, -0.1) is 10.2 Å². The molecule has 3 aromatic rings. The fourth-order valence-corrected chi connectivity index (χ4v) is 3.02. The zero-order valence-corrected chi connectivity index (χ0v) is 14.0. The fourth-order valence-electron chi connectivity index (χ4n) is 2.12. The van der Waals surface area contributed by atoms with Crippen molar-refractivity contribution in [1.29, 1.82) is 5.26 Å². The van der Waals surface area contributed by atoms with Gasteiger partial charge in [0.05, 0.1) is 11.6 Å². The van der Waals surface area contributed by atoms with Gasteiger partial charge in [0.15, 0.2) is 0 Å². The predicted molar refractivity (Wildman–Crippen MR) is 92.6 cm³/mol. The van der Waals surface area contributed by atoms with E-state index in [1.807, 2.05) is 30.3 Å². The third kappa shape index (κ3) is 4.07. The molecule has 0 unspecified atom stereocenters. The average Bonchev–Trinajstić information content (AvgIpc) is 3.04. The summed E-state index contributed by atoms with van der Waals surface area (Å²) in [6.07, 6.45) is 0.662. The summed E-state index contributed by atoms with van der Waals surface area (Å²) >= 11 is 7.28. The molecule has 1 N–H and O–H groups in total. The van der Waals surface area contributed by atoms with Crippen LogP contribution in [0.15, 0.2) is 42.5 Å². The molecule has 0 saturated carbocycles. The minimum Gasteiger partial charge on any atom is -0.356 e. The average molecular weight is 359 g/mol. The second-order valence-corrected chi connectivity index (χ2v) is 6.57. The topological polar surface area (TPSA) is 61.6 Å². The van der Waals surface area contributed by atoms with Crippen molar-refractivity contribution in [1.82, 2.24) is 10.2 Å². The molecule has 0 amide bonds. The number of benzene rings is 2. The van der Waals surface area contributed by atoms with E-state index in [2.05, 4.69) is 15.5 Å². The number of nitriles is 1. The van der Waals surface area contributed by atoms with E-state index in [4.69, 9.17) is 16.9 Å². The Labute approximate surface area is 147 Å². The summed E-state index contributed by atoms with van der Waals surface area (Å²) < 4.78 is 13.7. The summed E-state index contributed by atoms with van der Waals surface area (Å²) in [7, 11) is 0. The minimum absolute atomic E-state index is 0.247. The van der Waals surface area contributed by atoms with Gasteiger partial charge in [-0.25, -0.2) is 4.39 Å². The lowest BCUT2D eigenvalue weighted by Crippen LogP contribution is -2.02. The molecule has 0 bridgehead atoms. The van der Waals surface area contributed by atoms with Crippen molar-refractivity contribution in [3.8, 4) is 6.07 Å². The molecule has 1 aromatic heterocycles. The van der Waals surface area contributed by atoms with Crippen LogP contribution in [-0.2, 0) is 13.0 Å². The molecule has 0 aliphatic rings. The lowest BCUT2D eigenvalue weighted by atomic mass is 10.1. The van der Waals surface area contributed by atoms with Gasteiger partial charge < -0.3 is 5.32 Å². The van der Waals surface area contributed by atoms with Crippen molar-refractivity contribution in [3.63, 3.8) is 0 Å². The van der Waals surface area contributed by atoms with Crippen LogP contribution in [0.2, 0.25) is 5.02 Å². The highest BCUT2D eigenvalue weighted by atomic mass is 35.5. The third-order valence-electron chi connectivity index (χ3n) is 3.34. The van der Waals surface area contributed by atoms with Crippen LogP contribution in [0.25, 0.3) is 0 Å². The summed E-state index contributed by atoms with van der Waals surface area (Å²) in [4.78, 5) is 0. The quantitative estimate of drug-likeness (QED) is 0.734. The number of nitrogens with one attached hydrogen (secondary N) is 1. The van der Waals surface area contributed by atoms with Gasteiger partial charge >= 0.3 is 0 Å². The Hall–Kier alpha value is -2.49. The van der Waals surface area contributed by atoms with Crippen LogP contribution in [0, 0.1) is 17.1 Å². The molecule has 0 aliphatic carbocycles. The number of hydrogen-bond acceptors (Lipinski definition) is 5. The van der Waals surface area contributed by atoms with Crippen LogP contribution in [0.4, 0.5) is 9.52 Å². The zero-order chi connectivity index (χ0) is 16.9. The number of rotatable bonds is 5. The fraction of sp³-hybridized carbons (Fsp3) is 0.118. The Morgan fingerprint density at radius 3 is 2.71 bits per heavy atom. The minimum atomic E-state index is -0.354. The number of anilines is 1. The van der Waals surface area contributed by atoms with Crippen molar-refractivity contribution in [3.05, 3.63) is 75.0 Å². The maximum atomic E-state index is 13.7. The molecule has 0 radical (unpaired) electrons. The highest BCUT2D eigenvalue weighted by Gasteiger charge is 2.08. The van der Waals surface area contributed by atoms with Gasteiger partial charge in [-0.3, -0.25) is 0 Å². The summed E-state index contributed by atoms with van der Waals surface area (Å²) in [6, 6.07) is 13.8. The van der Waals surface area contributed by atoms with E-state index in [-0.39, 0.29) is 12.4 Å². The molecule has 0 spiro atoms. The lowest BCUT2D eigenvalue weighted by Gasteiger charge is -2.04. The van der Waals surface area contributed by atoms with Crippen molar-refractivity contribution in [2.45, 2.75) is 13.0 Å². The number of aromatic nitrogens is 2. The molecule has 1 heterocycles. The first-order valence-electron chi connectivity index (χ1n) is 7.13. The molecule has 2 aromatic carbocycles. The maximum absolute atomic E-state index is 13.7. The Morgan fingerprint density at radius 2 is 1.96 bits per heavy atom. The first kappa shape index (κ1) is 16.4. The second kappa shape index (κ2) is 7.39. The Kier molecular flexibility index (Phi) is 5.04. The maximum Gasteiger partial charge on any atom is 0.205 e. The summed E-state index contributed by atoms with van der Waals surface area (Å²) in [6.45, 7) is 0.247. The predicted octanol–water partition coefficient (Wildman–Crippen LogP) is 4.41. The lowest BCUT2D eigenvalue weighted by molar-refractivity contribution is 0.612. The van der Waals surface area contributed by atoms with Crippen molar-refractivity contribution in [2.24, 2.45) is 0 Å². The van der Waals surface area contributed by atoms with Gasteiger partial charge in [0.25, 0.3) is 0 Å². The molecule has 0 aliphatic heterocycles. The van der Waals surface area contributed by atoms with E-state index < -0.39 is 0 Å². The van der Waals surface area contributed by atoms with Gasteiger partial charge in [-0.1, -0.05) is 35.1 Å². The van der Waals surface area contributed by atoms with E-state index in [0.717, 1.165) is 10.6 Å². The molecule has 0 saturated heterocycles. The number of halogens is 2. The Morgan fingerprint density at radius 1 is 1.17 bits per heavy atom. The molecule has 120 valence electrons. The van der Waals surface area contributed by atoms with Crippen LogP contribution < -0.4 is 5.32 Å². The van der Waals surface area contributed by atoms with Crippen molar-refractivity contribution in [2.75, 3.05) is 5.32 Å². The molecule has 4 nitrogen and oxygen atoms in total. The molecule has 3 rings (SSSR count). The standard InChI is InChI=1S/C17H12ClFN4S/c18-14-4-1-11(2-5-14)8-16-22-23-17(24-16)21-10-13-7-12(9-20)3-6-15(13)19/h1-7H,8,10H2,(H,21,23). The van der Waals surface area contributed by atoms with Gasteiger partial charge in [0.1, 0.15) is 10.8 Å². The van der Waals surface area contributed by atoms with E-state index in [9.17, 15) is 4.39 Å². The summed E-state index contributed by atoms with van der Waals surface area (Å²) in [5.41, 5.74) is 1.94. The smallest absolute Gasteiger partial charge is 0.205 e. The molecule has 0 fully saturated rings. The normalized spacial score (nSPS) is 10.4. The van der Waals surface area contributed by atoms with Crippen LogP contribution in [0.5, 0.6) is 0 Å². The van der Waals surface area contributed by atoms with Crippen LogP contribution in [0.3, 0.4) is 0 Å². The van der Waals surface area contributed by atoms with Gasteiger partial charge in [-0.2, -0.15) is 5.26 Å². The van der Waals surface area contributed by atoms with Crippen LogP contribution in [-0.4, -0.2) is 10.2 Å². The highest BCUT2D eigenvalue weighted by molar-refractivity contribution is 7.15. The van der Waals surface area contributed by atoms with E-state index in [0.29, 0.717) is 27.7 Å². The SMILES string of the molecule is N#Cc1ccc(F)c(CNc2nnc(Cc3ccc(Cl)cc3)s2)c1. The van der Waals surface area contributed by atoms with Gasteiger partial charge in [0, 0.05) is 23.6 Å². The van der Waals surface area contributed by atoms with E-state index in [1.165, 1.54) is 29.5 Å². The largest absolute Gasteiger partial charge is 0.356 e. The van der Waals surface area contributed by atoms with E-state index >= 15 is 0 Å². The summed E-state index contributed by atoms with van der Waals surface area (Å²) in [5.74, 6) is -0.354. The molecule has 0 atom stereocenters. The number of nitrogens with zero attached hydrogens (tertiary/aromatic N) is 3. The molecule has 24 heavy (non-hydrogen) atoms. The Balaban J connectivity index is 1.64. The third-order valence-corrected chi connectivity index (χ3v) is 4.47. The first-order valence-corrected chi connectivity index (χ1v) is 8.33. The van der Waals surface area contributed by atoms with Crippen LogP contribution in [0.1, 0.15) is 21.7 Å². The molecular formula is C17H12ClFN4S. The Bertz CT molecular complexity index is 886. The first-order chi connectivity index (χ1) is 11.6. The van der Waals surface area contributed by atoms with E-state index in [1.54, 1.807) is 0 Å². The molecular weight excluding hydrogens is 347 g/mol. The summed E-state index contributed by atoms with van der Waals surface area (Å²) in [5, 5.41) is 22.3. The van der Waals surface area contributed by atoms with Gasteiger partial charge in [0.2, 0.25) is 5.13 Å². The van der Waals surface area contributed by atoms with Crippen molar-refractivity contribution >= 4 is 28.1 Å². The van der Waals surface area contributed by atoms with Crippen LogP contribution >= 0.6 is 22.9 Å². The number of hydrogen-bond donors (Lipinski definition) is 1. The molecule has 7 heteroatoms. The highest BCUT2D eigenvalue weighted by Crippen LogP contribution is 2.21. The zero-order valence-electron chi connectivity index (χ0n) is 12.5. The monoisotopic (exact) mass is 358 g/mol.